The molecule has 0 saturated heterocycles. The molecule has 0 atom stereocenters. The lowest BCUT2D eigenvalue weighted by atomic mass is 10.3. The fraction of sp³-hybridized carbons (Fsp3) is 0.500. The summed E-state index contributed by atoms with van der Waals surface area (Å²) in [6.45, 7) is 4.14. The molecule has 0 aromatic heterocycles. The monoisotopic (exact) mass is 83.1 g/mol. The fourth-order valence-corrected chi connectivity index (χ4v) is 0.272. The Morgan fingerprint density at radius 2 is 2.17 bits per heavy atom. The van der Waals surface area contributed by atoms with Crippen molar-refractivity contribution in [1.29, 1.82) is 0 Å². The van der Waals surface area contributed by atoms with Crippen LogP contribution in [0.25, 0.3) is 0 Å². The van der Waals surface area contributed by atoms with Crippen molar-refractivity contribution in [2.45, 2.75) is 20.3 Å². The zero-order chi connectivity index (χ0) is 4.83. The molecule has 0 N–H and O–H groups in total. The van der Waals surface area contributed by atoms with E-state index in [1.165, 1.54) is 0 Å². The molecule has 35 valence electrons. The SMILES string of the molecule is C/C=C/[CH]CC. The highest BCUT2D eigenvalue weighted by molar-refractivity contribution is 4.90. The fourth-order valence-electron chi connectivity index (χ4n) is 0.272. The van der Waals surface area contributed by atoms with Crippen molar-refractivity contribution < 1.29 is 0 Å². The third-order valence-electron chi connectivity index (χ3n) is 0.564. The summed E-state index contributed by atoms with van der Waals surface area (Å²) in [6, 6.07) is 0. The van der Waals surface area contributed by atoms with E-state index in [0.717, 1.165) is 6.42 Å². The third-order valence-corrected chi connectivity index (χ3v) is 0.564. The Morgan fingerprint density at radius 3 is 2.33 bits per heavy atom. The van der Waals surface area contributed by atoms with E-state index in [-0.39, 0.29) is 0 Å². The van der Waals surface area contributed by atoms with Crippen LogP contribution in [0.2, 0.25) is 0 Å². The highest BCUT2D eigenvalue weighted by Gasteiger charge is 1.65. The van der Waals surface area contributed by atoms with E-state index >= 15 is 0 Å². The van der Waals surface area contributed by atoms with Gasteiger partial charge >= 0.3 is 0 Å². The first-order chi connectivity index (χ1) is 2.91. The highest BCUT2D eigenvalue weighted by atomic mass is 13.7. The van der Waals surface area contributed by atoms with E-state index < -0.39 is 0 Å². The van der Waals surface area contributed by atoms with Gasteiger partial charge in [0.2, 0.25) is 0 Å². The summed E-state index contributed by atoms with van der Waals surface area (Å²) in [4.78, 5) is 0. The molecule has 0 heteroatoms. The number of rotatable bonds is 2. The molecule has 0 fully saturated rings. The van der Waals surface area contributed by atoms with Crippen LogP contribution in [0.3, 0.4) is 0 Å². The maximum atomic E-state index is 2.12. The molecule has 0 aromatic rings. The normalized spacial score (nSPS) is 10.3. The van der Waals surface area contributed by atoms with Gasteiger partial charge in [0.15, 0.2) is 0 Å². The Kier molecular flexibility index (Phi) is 4.53. The molecule has 0 aromatic carbocycles. The summed E-state index contributed by atoms with van der Waals surface area (Å²) in [5, 5.41) is 0. The summed E-state index contributed by atoms with van der Waals surface area (Å²) in [7, 11) is 0. The van der Waals surface area contributed by atoms with Crippen molar-refractivity contribution in [2.75, 3.05) is 0 Å². The Bertz CT molecular complexity index is 35.3. The van der Waals surface area contributed by atoms with Gasteiger partial charge < -0.3 is 0 Å². The van der Waals surface area contributed by atoms with Gasteiger partial charge in [0.1, 0.15) is 0 Å². The quantitative estimate of drug-likeness (QED) is 0.480. The van der Waals surface area contributed by atoms with Gasteiger partial charge in [0, 0.05) is 0 Å². The molecule has 0 amide bonds. The second-order valence-corrected chi connectivity index (χ2v) is 1.17. The molecule has 0 aliphatic carbocycles. The molecule has 0 bridgehead atoms. The van der Waals surface area contributed by atoms with E-state index in [2.05, 4.69) is 19.4 Å². The summed E-state index contributed by atoms with van der Waals surface area (Å²) in [5.41, 5.74) is 0. The molecule has 0 nitrogen and oxygen atoms in total. The number of allylic oxidation sites excluding steroid dienone is 2. The van der Waals surface area contributed by atoms with Crippen molar-refractivity contribution in [3.05, 3.63) is 18.6 Å². The van der Waals surface area contributed by atoms with Crippen molar-refractivity contribution in [3.63, 3.8) is 0 Å². The van der Waals surface area contributed by atoms with Crippen LogP contribution < -0.4 is 0 Å². The van der Waals surface area contributed by atoms with Gasteiger partial charge in [-0.15, -0.1) is 0 Å². The van der Waals surface area contributed by atoms with Crippen molar-refractivity contribution in [2.24, 2.45) is 0 Å². The van der Waals surface area contributed by atoms with Crippen LogP contribution >= 0.6 is 0 Å². The van der Waals surface area contributed by atoms with Crippen LogP contribution in [0.15, 0.2) is 12.2 Å². The number of hydrogen-bond acceptors (Lipinski definition) is 0. The van der Waals surface area contributed by atoms with Gasteiger partial charge in [-0.25, -0.2) is 0 Å². The Hall–Kier alpha value is -0.260. The number of unbranched alkanes of at least 4 members (excludes halogenated alkanes) is 1. The van der Waals surface area contributed by atoms with Gasteiger partial charge in [-0.2, -0.15) is 0 Å². The first-order valence-corrected chi connectivity index (χ1v) is 2.36. The molecule has 0 unspecified atom stereocenters. The second kappa shape index (κ2) is 4.74. The minimum Gasteiger partial charge on any atom is -0.0914 e. The second-order valence-electron chi connectivity index (χ2n) is 1.17. The average molecular weight is 83.2 g/mol. The van der Waals surface area contributed by atoms with Crippen LogP contribution in [-0.4, -0.2) is 0 Å². The first kappa shape index (κ1) is 5.74. The lowest BCUT2D eigenvalue weighted by Crippen LogP contribution is -1.57. The minimum atomic E-state index is 1.14. The van der Waals surface area contributed by atoms with E-state index in [4.69, 9.17) is 0 Å². The van der Waals surface area contributed by atoms with E-state index in [0.29, 0.717) is 0 Å². The first-order valence-electron chi connectivity index (χ1n) is 2.36. The number of hydrogen-bond donors (Lipinski definition) is 0. The lowest BCUT2D eigenvalue weighted by molar-refractivity contribution is 1.15. The molecule has 0 aliphatic heterocycles. The van der Waals surface area contributed by atoms with Crippen LogP contribution in [-0.2, 0) is 0 Å². The van der Waals surface area contributed by atoms with Crippen LogP contribution in [0.4, 0.5) is 0 Å². The molecule has 0 aliphatic rings. The van der Waals surface area contributed by atoms with Crippen LogP contribution in [0.1, 0.15) is 20.3 Å². The molecule has 0 saturated carbocycles. The zero-order valence-electron chi connectivity index (χ0n) is 4.44. The molecular weight excluding hydrogens is 72.1 g/mol. The van der Waals surface area contributed by atoms with E-state index in [1.54, 1.807) is 0 Å². The van der Waals surface area contributed by atoms with Crippen LogP contribution in [0, 0.1) is 6.42 Å². The smallest absolute Gasteiger partial charge is 0.0173 e. The molecular formula is C6H11. The third kappa shape index (κ3) is 3.74. The summed E-state index contributed by atoms with van der Waals surface area (Å²) < 4.78 is 0. The molecule has 0 spiro atoms. The van der Waals surface area contributed by atoms with Gasteiger partial charge in [-0.1, -0.05) is 19.1 Å². The zero-order valence-corrected chi connectivity index (χ0v) is 4.44. The maximum Gasteiger partial charge on any atom is -0.0173 e. The van der Waals surface area contributed by atoms with Gasteiger partial charge in [0.25, 0.3) is 0 Å². The molecule has 0 heterocycles. The highest BCUT2D eigenvalue weighted by Crippen LogP contribution is 1.83. The Morgan fingerprint density at radius 1 is 1.50 bits per heavy atom. The Labute approximate surface area is 39.9 Å². The minimum absolute atomic E-state index is 1.14. The topological polar surface area (TPSA) is 0 Å². The summed E-state index contributed by atoms with van der Waals surface area (Å²) in [5.74, 6) is 0. The molecule has 6 heavy (non-hydrogen) atoms. The van der Waals surface area contributed by atoms with E-state index in [1.807, 2.05) is 13.0 Å². The lowest BCUT2D eigenvalue weighted by Gasteiger charge is -1.75. The molecule has 1 radical (unpaired) electrons. The van der Waals surface area contributed by atoms with Crippen molar-refractivity contribution in [3.8, 4) is 0 Å². The van der Waals surface area contributed by atoms with Crippen LogP contribution in [0.5, 0.6) is 0 Å². The summed E-state index contributed by atoms with van der Waals surface area (Å²) >= 11 is 0. The summed E-state index contributed by atoms with van der Waals surface area (Å²) in [6.07, 6.45) is 7.36. The maximum absolute atomic E-state index is 2.12. The predicted octanol–water partition coefficient (Wildman–Crippen LogP) is 2.18. The average Bonchev–Trinajstić information content (AvgIpc) is 1.61. The van der Waals surface area contributed by atoms with E-state index in [9.17, 15) is 0 Å². The van der Waals surface area contributed by atoms with Gasteiger partial charge in [0.05, 0.1) is 0 Å². The molecule has 0 rings (SSSR count). The standard InChI is InChI=1S/C6H11/c1-3-5-6-4-2/h3,5-6H,4H2,1-2H3/b5-3+. The Balaban J connectivity index is 2.66. The largest absolute Gasteiger partial charge is 0.0914 e. The predicted molar refractivity (Wildman–Crippen MR) is 29.4 cm³/mol. The van der Waals surface area contributed by atoms with Gasteiger partial charge in [-0.05, 0) is 19.8 Å². The van der Waals surface area contributed by atoms with Gasteiger partial charge in [-0.3, -0.25) is 0 Å². The van der Waals surface area contributed by atoms with Crippen molar-refractivity contribution in [1.82, 2.24) is 0 Å². The van der Waals surface area contributed by atoms with Crippen molar-refractivity contribution >= 4 is 0 Å².